The van der Waals surface area contributed by atoms with Crippen molar-refractivity contribution in [3.8, 4) is 0 Å². The lowest BCUT2D eigenvalue weighted by atomic mass is 9.70. The Morgan fingerprint density at radius 1 is 1.24 bits per heavy atom. The lowest BCUT2D eigenvalue weighted by Crippen LogP contribution is -2.42. The molecule has 0 radical (unpaired) electrons. The van der Waals surface area contributed by atoms with Gasteiger partial charge in [-0.1, -0.05) is 20.8 Å². The molecule has 0 amide bonds. The van der Waals surface area contributed by atoms with Crippen LogP contribution in [0.15, 0.2) is 0 Å². The van der Waals surface area contributed by atoms with Gasteiger partial charge in [0.05, 0.1) is 0 Å². The van der Waals surface area contributed by atoms with Gasteiger partial charge in [-0.05, 0) is 55.3 Å². The van der Waals surface area contributed by atoms with Crippen LogP contribution in [0.25, 0.3) is 0 Å². The Morgan fingerprint density at radius 2 is 1.94 bits per heavy atom. The van der Waals surface area contributed by atoms with Crippen molar-refractivity contribution >= 4 is 0 Å². The Labute approximate surface area is 106 Å². The molecule has 2 unspecified atom stereocenters. The number of rotatable bonds is 5. The average molecular weight is 239 g/mol. The summed E-state index contributed by atoms with van der Waals surface area (Å²) in [5.74, 6) is 0.851. The van der Waals surface area contributed by atoms with Crippen molar-refractivity contribution in [2.75, 3.05) is 13.2 Å². The van der Waals surface area contributed by atoms with Crippen LogP contribution in [-0.2, 0) is 0 Å². The fourth-order valence-corrected chi connectivity index (χ4v) is 3.79. The summed E-state index contributed by atoms with van der Waals surface area (Å²) in [6, 6.07) is 0.699. The van der Waals surface area contributed by atoms with Crippen molar-refractivity contribution in [1.29, 1.82) is 0 Å². The number of aliphatic hydroxyl groups is 1. The largest absolute Gasteiger partial charge is 0.396 e. The van der Waals surface area contributed by atoms with Crippen molar-refractivity contribution in [3.63, 3.8) is 0 Å². The van der Waals surface area contributed by atoms with E-state index in [0.717, 1.165) is 18.9 Å². The van der Waals surface area contributed by atoms with Crippen LogP contribution in [0.3, 0.4) is 0 Å². The Balaban J connectivity index is 1.79. The second-order valence-corrected chi connectivity index (χ2v) is 7.46. The second-order valence-electron chi connectivity index (χ2n) is 7.46. The molecule has 2 rings (SSSR count). The Morgan fingerprint density at radius 3 is 2.47 bits per heavy atom. The zero-order chi connectivity index (χ0) is 12.5. The fraction of sp³-hybridized carbons (Fsp3) is 1.00. The first-order valence-corrected chi connectivity index (χ1v) is 7.29. The standard InChI is InChI=1S/C15H29NO/c1-12-8-13(10-14(2,3)9-12)16-11-15(4-5-15)6-7-17/h12-13,16-17H,4-11H2,1-3H3. The molecule has 0 bridgehead atoms. The van der Waals surface area contributed by atoms with Crippen LogP contribution in [0.5, 0.6) is 0 Å². The molecule has 2 N–H and O–H groups in total. The van der Waals surface area contributed by atoms with Gasteiger partial charge in [0.25, 0.3) is 0 Å². The first kappa shape index (κ1) is 13.4. The summed E-state index contributed by atoms with van der Waals surface area (Å²) in [6.07, 6.45) is 7.63. The van der Waals surface area contributed by atoms with Gasteiger partial charge in [0.1, 0.15) is 0 Å². The van der Waals surface area contributed by atoms with Crippen LogP contribution in [0.4, 0.5) is 0 Å². The summed E-state index contributed by atoms with van der Waals surface area (Å²) >= 11 is 0. The SMILES string of the molecule is CC1CC(NCC2(CCO)CC2)CC(C)(C)C1. The van der Waals surface area contributed by atoms with Gasteiger partial charge in [-0.2, -0.15) is 0 Å². The molecule has 0 aromatic carbocycles. The van der Waals surface area contributed by atoms with Crippen LogP contribution in [-0.4, -0.2) is 24.3 Å². The molecule has 2 aliphatic rings. The minimum atomic E-state index is 0.355. The van der Waals surface area contributed by atoms with E-state index in [2.05, 4.69) is 26.1 Å². The fourth-order valence-electron chi connectivity index (χ4n) is 3.79. The first-order valence-electron chi connectivity index (χ1n) is 7.29. The molecule has 0 heterocycles. The smallest absolute Gasteiger partial charge is 0.0436 e. The topological polar surface area (TPSA) is 32.3 Å². The maximum absolute atomic E-state index is 9.08. The summed E-state index contributed by atoms with van der Waals surface area (Å²) in [4.78, 5) is 0. The van der Waals surface area contributed by atoms with E-state index < -0.39 is 0 Å². The van der Waals surface area contributed by atoms with Gasteiger partial charge in [0, 0.05) is 19.2 Å². The highest BCUT2D eigenvalue weighted by Crippen LogP contribution is 2.48. The summed E-state index contributed by atoms with van der Waals surface area (Å²) in [6.45, 7) is 8.67. The van der Waals surface area contributed by atoms with E-state index in [1.807, 2.05) is 0 Å². The molecule has 0 aromatic rings. The van der Waals surface area contributed by atoms with Crippen molar-refractivity contribution in [2.45, 2.75) is 65.3 Å². The molecule has 100 valence electrons. The molecule has 17 heavy (non-hydrogen) atoms. The van der Waals surface area contributed by atoms with E-state index in [1.54, 1.807) is 0 Å². The van der Waals surface area contributed by atoms with Crippen LogP contribution in [0.1, 0.15) is 59.3 Å². The molecule has 2 heteroatoms. The zero-order valence-corrected chi connectivity index (χ0v) is 11.8. The molecule has 0 spiro atoms. The summed E-state index contributed by atoms with van der Waals surface area (Å²) in [7, 11) is 0. The molecule has 2 fully saturated rings. The number of hydrogen-bond acceptors (Lipinski definition) is 2. The maximum Gasteiger partial charge on any atom is 0.0436 e. The molecule has 0 aliphatic heterocycles. The zero-order valence-electron chi connectivity index (χ0n) is 11.8. The molecule has 2 aliphatic carbocycles. The highest BCUT2D eigenvalue weighted by atomic mass is 16.3. The minimum Gasteiger partial charge on any atom is -0.396 e. The summed E-state index contributed by atoms with van der Waals surface area (Å²) < 4.78 is 0. The molecule has 2 saturated carbocycles. The minimum absolute atomic E-state index is 0.355. The second kappa shape index (κ2) is 4.89. The van der Waals surface area contributed by atoms with E-state index in [4.69, 9.17) is 5.11 Å². The van der Waals surface area contributed by atoms with Gasteiger partial charge < -0.3 is 10.4 Å². The maximum atomic E-state index is 9.08. The highest BCUT2D eigenvalue weighted by Gasteiger charge is 2.42. The van der Waals surface area contributed by atoms with E-state index in [1.165, 1.54) is 32.1 Å². The number of aliphatic hydroxyl groups excluding tert-OH is 1. The molecule has 0 saturated heterocycles. The monoisotopic (exact) mass is 239 g/mol. The van der Waals surface area contributed by atoms with Crippen molar-refractivity contribution in [2.24, 2.45) is 16.7 Å². The third-order valence-electron chi connectivity index (χ3n) is 4.75. The van der Waals surface area contributed by atoms with E-state index in [0.29, 0.717) is 23.5 Å². The molecule has 2 atom stereocenters. The molecular weight excluding hydrogens is 210 g/mol. The quantitative estimate of drug-likeness (QED) is 0.773. The van der Waals surface area contributed by atoms with Crippen LogP contribution in [0, 0.1) is 16.7 Å². The molecular formula is C15H29NO. The Bertz CT molecular complexity index is 258. The lowest BCUT2D eigenvalue weighted by Gasteiger charge is -2.40. The predicted molar refractivity (Wildman–Crippen MR) is 72.0 cm³/mol. The van der Waals surface area contributed by atoms with Gasteiger partial charge in [0.15, 0.2) is 0 Å². The van der Waals surface area contributed by atoms with Crippen LogP contribution >= 0.6 is 0 Å². The lowest BCUT2D eigenvalue weighted by molar-refractivity contribution is 0.144. The normalized spacial score (nSPS) is 34.6. The van der Waals surface area contributed by atoms with Crippen LogP contribution < -0.4 is 5.32 Å². The van der Waals surface area contributed by atoms with Gasteiger partial charge in [0.2, 0.25) is 0 Å². The predicted octanol–water partition coefficient (Wildman–Crippen LogP) is 2.95. The average Bonchev–Trinajstić information content (AvgIpc) is 2.93. The van der Waals surface area contributed by atoms with E-state index in [-0.39, 0.29) is 0 Å². The highest BCUT2D eigenvalue weighted by molar-refractivity contribution is 4.96. The van der Waals surface area contributed by atoms with E-state index in [9.17, 15) is 0 Å². The van der Waals surface area contributed by atoms with Crippen molar-refractivity contribution < 1.29 is 5.11 Å². The van der Waals surface area contributed by atoms with Crippen LogP contribution in [0.2, 0.25) is 0 Å². The van der Waals surface area contributed by atoms with Gasteiger partial charge >= 0.3 is 0 Å². The Hall–Kier alpha value is -0.0800. The summed E-state index contributed by atoms with van der Waals surface area (Å²) in [5, 5.41) is 12.9. The van der Waals surface area contributed by atoms with Crippen molar-refractivity contribution in [3.05, 3.63) is 0 Å². The molecule has 2 nitrogen and oxygen atoms in total. The Kier molecular flexibility index (Phi) is 3.84. The van der Waals surface area contributed by atoms with Gasteiger partial charge in [-0.15, -0.1) is 0 Å². The third-order valence-corrected chi connectivity index (χ3v) is 4.75. The summed E-state index contributed by atoms with van der Waals surface area (Å²) in [5.41, 5.74) is 0.961. The number of nitrogens with one attached hydrogen (secondary N) is 1. The first-order chi connectivity index (χ1) is 7.95. The van der Waals surface area contributed by atoms with Crippen molar-refractivity contribution in [1.82, 2.24) is 5.32 Å². The van der Waals surface area contributed by atoms with Gasteiger partial charge in [-0.3, -0.25) is 0 Å². The number of hydrogen-bond donors (Lipinski definition) is 2. The van der Waals surface area contributed by atoms with Gasteiger partial charge in [-0.25, -0.2) is 0 Å². The van der Waals surface area contributed by atoms with E-state index >= 15 is 0 Å². The third kappa shape index (κ3) is 3.69. The molecule has 0 aromatic heterocycles.